The lowest BCUT2D eigenvalue weighted by atomic mass is 10.0. The van der Waals surface area contributed by atoms with E-state index in [-0.39, 0.29) is 17.6 Å². The number of carbonyl (C=O) groups excluding carboxylic acids is 2. The van der Waals surface area contributed by atoms with Gasteiger partial charge in [0.1, 0.15) is 0 Å². The van der Waals surface area contributed by atoms with Crippen LogP contribution in [0.25, 0.3) is 11.3 Å². The predicted molar refractivity (Wildman–Crippen MR) is 92.5 cm³/mol. The van der Waals surface area contributed by atoms with Crippen molar-refractivity contribution >= 4 is 27.9 Å². The topological polar surface area (TPSA) is 67.6 Å². The number of aromatic nitrogens is 2. The van der Waals surface area contributed by atoms with Crippen LogP contribution in [0.15, 0.2) is 33.5 Å². The number of urea groups is 1. The molecule has 1 atom stereocenters. The van der Waals surface area contributed by atoms with Crippen LogP contribution in [0.1, 0.15) is 11.7 Å². The molecule has 8 heteroatoms. The van der Waals surface area contributed by atoms with Crippen LogP contribution in [0.2, 0.25) is 0 Å². The lowest BCUT2D eigenvalue weighted by Crippen LogP contribution is -2.28. The summed E-state index contributed by atoms with van der Waals surface area (Å²) in [4.78, 5) is 39.6. The van der Waals surface area contributed by atoms with E-state index < -0.39 is 6.04 Å². The van der Waals surface area contributed by atoms with E-state index in [2.05, 4.69) is 15.9 Å². The van der Waals surface area contributed by atoms with Gasteiger partial charge in [-0.3, -0.25) is 18.8 Å². The lowest BCUT2D eigenvalue weighted by molar-refractivity contribution is -0.127. The van der Waals surface area contributed by atoms with Crippen molar-refractivity contribution < 1.29 is 9.59 Å². The van der Waals surface area contributed by atoms with Crippen molar-refractivity contribution in [1.29, 1.82) is 0 Å². The molecule has 0 saturated carbocycles. The fourth-order valence-electron chi connectivity index (χ4n) is 3.11. The third kappa shape index (κ3) is 2.21. The average molecular weight is 393 g/mol. The Bertz CT molecular complexity index is 897. The Hall–Kier alpha value is -2.35. The number of rotatable bonds is 2. The molecule has 3 rings (SSSR count). The molecule has 1 unspecified atom stereocenters. The second-order valence-electron chi connectivity index (χ2n) is 5.83. The highest BCUT2D eigenvalue weighted by Gasteiger charge is 2.45. The van der Waals surface area contributed by atoms with Crippen molar-refractivity contribution in [3.8, 4) is 11.3 Å². The zero-order valence-electron chi connectivity index (χ0n) is 13.8. The Labute approximate surface area is 147 Å². The second-order valence-corrected chi connectivity index (χ2v) is 6.75. The highest BCUT2D eigenvalue weighted by molar-refractivity contribution is 9.10. The van der Waals surface area contributed by atoms with Gasteiger partial charge in [-0.25, -0.2) is 9.59 Å². The highest BCUT2D eigenvalue weighted by Crippen LogP contribution is 2.35. The summed E-state index contributed by atoms with van der Waals surface area (Å²) in [6.07, 6.45) is 0. The molecule has 1 aromatic heterocycles. The fourth-order valence-corrected chi connectivity index (χ4v) is 3.37. The molecular formula is C16H17BrN4O3. The Balaban J connectivity index is 2.28. The number of likely N-dealkylation sites (N-methyl/N-ethyl adjacent to an activating group) is 2. The van der Waals surface area contributed by atoms with E-state index >= 15 is 0 Å². The molecule has 1 aliphatic heterocycles. The molecule has 7 nitrogen and oxygen atoms in total. The molecule has 0 aliphatic carbocycles. The monoisotopic (exact) mass is 392 g/mol. The normalized spacial score (nSPS) is 18.0. The number of carbonyl (C=O) groups is 2. The third-order valence-corrected chi connectivity index (χ3v) is 4.96. The summed E-state index contributed by atoms with van der Waals surface area (Å²) < 4.78 is 3.85. The summed E-state index contributed by atoms with van der Waals surface area (Å²) in [6.45, 7) is 0. The van der Waals surface area contributed by atoms with Crippen LogP contribution in [0.5, 0.6) is 0 Å². The van der Waals surface area contributed by atoms with Gasteiger partial charge in [-0.1, -0.05) is 28.1 Å². The summed E-state index contributed by atoms with van der Waals surface area (Å²) >= 11 is 3.39. The van der Waals surface area contributed by atoms with E-state index in [0.29, 0.717) is 11.4 Å². The first-order valence-electron chi connectivity index (χ1n) is 7.31. The van der Waals surface area contributed by atoms with E-state index in [1.54, 1.807) is 21.1 Å². The van der Waals surface area contributed by atoms with Gasteiger partial charge in [0.05, 0.1) is 11.4 Å². The number of imidazole rings is 1. The molecular weight excluding hydrogens is 376 g/mol. The third-order valence-electron chi connectivity index (χ3n) is 4.43. The van der Waals surface area contributed by atoms with Crippen molar-refractivity contribution in [2.45, 2.75) is 6.04 Å². The van der Waals surface area contributed by atoms with E-state index in [1.165, 1.54) is 21.1 Å². The minimum absolute atomic E-state index is 0.244. The van der Waals surface area contributed by atoms with Gasteiger partial charge in [-0.05, 0) is 12.1 Å². The number of nitrogens with zero attached hydrogens (tertiary/aromatic N) is 4. The van der Waals surface area contributed by atoms with E-state index in [1.807, 2.05) is 24.3 Å². The molecule has 0 N–H and O–H groups in total. The van der Waals surface area contributed by atoms with Gasteiger partial charge < -0.3 is 4.90 Å². The quantitative estimate of drug-likeness (QED) is 0.730. The van der Waals surface area contributed by atoms with Crippen molar-refractivity contribution in [1.82, 2.24) is 18.9 Å². The molecule has 2 heterocycles. The van der Waals surface area contributed by atoms with Crippen molar-refractivity contribution in [2.24, 2.45) is 14.1 Å². The van der Waals surface area contributed by atoms with Gasteiger partial charge in [0.15, 0.2) is 6.04 Å². The molecule has 126 valence electrons. The van der Waals surface area contributed by atoms with E-state index in [4.69, 9.17) is 0 Å². The van der Waals surface area contributed by atoms with Crippen molar-refractivity contribution in [3.05, 3.63) is 44.9 Å². The Morgan fingerprint density at radius 3 is 2.00 bits per heavy atom. The maximum absolute atomic E-state index is 12.6. The fraction of sp³-hybridized carbons (Fsp3) is 0.312. The van der Waals surface area contributed by atoms with Gasteiger partial charge in [-0.15, -0.1) is 0 Å². The van der Waals surface area contributed by atoms with Crippen LogP contribution >= 0.6 is 15.9 Å². The van der Waals surface area contributed by atoms with Crippen LogP contribution in [0.3, 0.4) is 0 Å². The molecule has 1 aliphatic rings. The zero-order chi connectivity index (χ0) is 17.8. The van der Waals surface area contributed by atoms with Crippen LogP contribution < -0.4 is 5.69 Å². The summed E-state index contributed by atoms with van der Waals surface area (Å²) in [5, 5.41) is 0. The number of halogens is 1. The lowest BCUT2D eigenvalue weighted by Gasteiger charge is -2.18. The first-order chi connectivity index (χ1) is 11.3. The maximum atomic E-state index is 12.6. The number of hydrogen-bond donors (Lipinski definition) is 0. The summed E-state index contributed by atoms with van der Waals surface area (Å²) in [5.74, 6) is -0.345. The van der Waals surface area contributed by atoms with Crippen molar-refractivity contribution in [2.75, 3.05) is 14.1 Å². The van der Waals surface area contributed by atoms with Crippen LogP contribution in [0.4, 0.5) is 4.79 Å². The molecule has 24 heavy (non-hydrogen) atoms. The first kappa shape index (κ1) is 16.5. The number of imide groups is 1. The molecule has 0 spiro atoms. The van der Waals surface area contributed by atoms with Crippen molar-refractivity contribution in [3.63, 3.8) is 0 Å². The molecule has 2 aromatic rings. The second kappa shape index (κ2) is 5.62. The Morgan fingerprint density at radius 1 is 0.917 bits per heavy atom. The van der Waals surface area contributed by atoms with Crippen LogP contribution in [-0.2, 0) is 18.9 Å². The van der Waals surface area contributed by atoms with E-state index in [9.17, 15) is 14.4 Å². The van der Waals surface area contributed by atoms with Crippen LogP contribution in [0, 0.1) is 0 Å². The number of benzene rings is 1. The Kier molecular flexibility index (Phi) is 3.87. The van der Waals surface area contributed by atoms with Gasteiger partial charge in [-0.2, -0.15) is 0 Å². The summed E-state index contributed by atoms with van der Waals surface area (Å²) in [6, 6.07) is 6.27. The molecule has 1 saturated heterocycles. The molecule has 0 bridgehead atoms. The number of amides is 3. The van der Waals surface area contributed by atoms with Gasteiger partial charge >= 0.3 is 11.7 Å². The van der Waals surface area contributed by atoms with E-state index in [0.717, 1.165) is 14.9 Å². The first-order valence-corrected chi connectivity index (χ1v) is 8.11. The average Bonchev–Trinajstić information content (AvgIpc) is 2.89. The van der Waals surface area contributed by atoms with Crippen LogP contribution in [-0.4, -0.2) is 45.0 Å². The highest BCUT2D eigenvalue weighted by atomic mass is 79.9. The standard InChI is InChI=1S/C16H17BrN4O3/c1-18-11(9-5-7-10(17)8-6-9)12(19(2)15(18)23)13-14(22)21(4)16(24)20(13)3/h5-8,13H,1-4H3. The summed E-state index contributed by atoms with van der Waals surface area (Å²) in [5.41, 5.74) is 1.70. The molecule has 1 aromatic carbocycles. The largest absolute Gasteiger partial charge is 0.328 e. The van der Waals surface area contributed by atoms with Gasteiger partial charge in [0.25, 0.3) is 5.91 Å². The minimum atomic E-state index is -0.819. The smallest absolute Gasteiger partial charge is 0.310 e. The maximum Gasteiger partial charge on any atom is 0.328 e. The number of hydrogen-bond acceptors (Lipinski definition) is 3. The SMILES string of the molecule is CN1C(=O)C(c2c(-c3ccc(Br)cc3)n(C)c(=O)n2C)N(C)C1=O. The zero-order valence-corrected chi connectivity index (χ0v) is 15.4. The minimum Gasteiger partial charge on any atom is -0.310 e. The van der Waals surface area contributed by atoms with Gasteiger partial charge in [0.2, 0.25) is 0 Å². The molecule has 0 radical (unpaired) electrons. The predicted octanol–water partition coefficient (Wildman–Crippen LogP) is 1.72. The van der Waals surface area contributed by atoms with Gasteiger partial charge in [0, 0.05) is 38.2 Å². The molecule has 3 amide bonds. The molecule has 1 fully saturated rings. The summed E-state index contributed by atoms with van der Waals surface area (Å²) in [7, 11) is 6.29. The Morgan fingerprint density at radius 2 is 1.50 bits per heavy atom.